The van der Waals surface area contributed by atoms with E-state index in [-0.39, 0.29) is 18.4 Å². The average Bonchev–Trinajstić information content (AvgIpc) is 3.14. The highest BCUT2D eigenvalue weighted by molar-refractivity contribution is 7.99. The fourth-order valence-corrected chi connectivity index (χ4v) is 8.08. The van der Waals surface area contributed by atoms with Crippen LogP contribution in [0.15, 0.2) is 89.8 Å². The van der Waals surface area contributed by atoms with Crippen molar-refractivity contribution in [3.05, 3.63) is 90.5 Å². The van der Waals surface area contributed by atoms with Crippen LogP contribution in [0.3, 0.4) is 0 Å². The molecule has 0 unspecified atom stereocenters. The number of hydrogen-bond donors (Lipinski definition) is 3. The molecule has 3 N–H and O–H groups in total. The molecule has 0 radical (unpaired) electrons. The molecular formula is C43H60N2O3S. The number of hydrogen-bond acceptors (Lipinski definition) is 4. The van der Waals surface area contributed by atoms with E-state index in [9.17, 15) is 9.59 Å². The van der Waals surface area contributed by atoms with Gasteiger partial charge in [-0.1, -0.05) is 131 Å². The third-order valence-electron chi connectivity index (χ3n) is 9.86. The quantitative estimate of drug-likeness (QED) is 0.0918. The molecule has 2 aliphatic rings. The predicted octanol–water partition coefficient (Wildman–Crippen LogP) is 10.6. The van der Waals surface area contributed by atoms with E-state index in [4.69, 9.17) is 5.11 Å². The number of carboxylic acid groups (broad SMARTS) is 1. The molecule has 1 amide bonds. The van der Waals surface area contributed by atoms with Crippen molar-refractivity contribution in [2.24, 2.45) is 0 Å². The standard InChI is InChI=1S/C31H37NO3S.C12H23N/c33-30(20-11-3-1-2-6-13-25-14-7-4-8-15-25)32-28(21-22-31(34)35)24-36-29-19-12-18-27(23-29)26-16-9-5-10-17-26;1-3-7-11(8-4-1)13-12-9-5-2-6-10-12/h4-5,7-10,12,14-19,23,28H,1-3,6,11,13,20-22,24H2,(H,32,33)(H,34,35);11-13H,1-10H2/t28-;/m0./s1. The number of nitrogens with one attached hydrogen (secondary N) is 2. The Morgan fingerprint density at radius 1 is 0.673 bits per heavy atom. The number of benzene rings is 3. The molecule has 266 valence electrons. The van der Waals surface area contributed by atoms with Crippen molar-refractivity contribution < 1.29 is 14.7 Å². The van der Waals surface area contributed by atoms with Gasteiger partial charge in [-0.25, -0.2) is 0 Å². The Morgan fingerprint density at radius 2 is 1.27 bits per heavy atom. The van der Waals surface area contributed by atoms with Crippen LogP contribution in [0.1, 0.15) is 121 Å². The number of aliphatic carboxylic acids is 1. The Labute approximate surface area is 300 Å². The van der Waals surface area contributed by atoms with Gasteiger partial charge in [0.25, 0.3) is 0 Å². The lowest BCUT2D eigenvalue weighted by molar-refractivity contribution is -0.137. The Morgan fingerprint density at radius 3 is 1.92 bits per heavy atom. The highest BCUT2D eigenvalue weighted by atomic mass is 32.2. The maximum absolute atomic E-state index is 12.6. The summed E-state index contributed by atoms with van der Waals surface area (Å²) in [5.41, 5.74) is 3.69. The zero-order chi connectivity index (χ0) is 34.4. The highest BCUT2D eigenvalue weighted by Gasteiger charge is 2.19. The third-order valence-corrected chi connectivity index (χ3v) is 11.0. The van der Waals surface area contributed by atoms with E-state index in [0.717, 1.165) is 53.8 Å². The van der Waals surface area contributed by atoms with E-state index in [1.54, 1.807) is 11.8 Å². The molecule has 0 spiro atoms. The SMILES string of the molecule is C1CCC(NC2CCCCC2)CC1.O=C(O)CC[C@@H](CSc1cccc(-c2ccccc2)c1)NC(=O)CCCCCCCc1ccccc1. The van der Waals surface area contributed by atoms with Crippen LogP contribution in [-0.2, 0) is 16.0 Å². The monoisotopic (exact) mass is 684 g/mol. The molecule has 2 aliphatic carbocycles. The number of aryl methyl sites for hydroxylation is 1. The van der Waals surface area contributed by atoms with Gasteiger partial charge in [0.2, 0.25) is 5.91 Å². The van der Waals surface area contributed by atoms with E-state index in [1.807, 2.05) is 30.3 Å². The number of amides is 1. The minimum Gasteiger partial charge on any atom is -0.481 e. The Balaban J connectivity index is 0.000000344. The molecular weight excluding hydrogens is 625 g/mol. The van der Waals surface area contributed by atoms with E-state index in [0.29, 0.717) is 18.6 Å². The summed E-state index contributed by atoms with van der Waals surface area (Å²) in [5.74, 6) is -0.161. The van der Waals surface area contributed by atoms with Crippen molar-refractivity contribution in [3.63, 3.8) is 0 Å². The van der Waals surface area contributed by atoms with Gasteiger partial charge < -0.3 is 15.7 Å². The van der Waals surface area contributed by atoms with E-state index >= 15 is 0 Å². The minimum atomic E-state index is -0.833. The molecule has 2 saturated carbocycles. The Bertz CT molecular complexity index is 1310. The van der Waals surface area contributed by atoms with Gasteiger partial charge in [-0.05, 0) is 80.2 Å². The Kier molecular flexibility index (Phi) is 18.4. The number of carboxylic acids is 1. The highest BCUT2D eigenvalue weighted by Crippen LogP contribution is 2.27. The second-order valence-electron chi connectivity index (χ2n) is 14.0. The molecule has 1 atom stereocenters. The molecule has 0 saturated heterocycles. The van der Waals surface area contributed by atoms with Crippen molar-refractivity contribution in [3.8, 4) is 11.1 Å². The topological polar surface area (TPSA) is 78.4 Å². The summed E-state index contributed by atoms with van der Waals surface area (Å²) in [6, 6.07) is 30.7. The Hall–Kier alpha value is -3.09. The average molecular weight is 685 g/mol. The van der Waals surface area contributed by atoms with E-state index in [2.05, 4.69) is 65.2 Å². The largest absolute Gasteiger partial charge is 0.481 e. The first-order valence-electron chi connectivity index (χ1n) is 19.1. The molecule has 6 heteroatoms. The van der Waals surface area contributed by atoms with Crippen molar-refractivity contribution >= 4 is 23.6 Å². The molecule has 0 aliphatic heterocycles. The van der Waals surface area contributed by atoms with Crippen molar-refractivity contribution in [2.45, 2.75) is 145 Å². The molecule has 5 nitrogen and oxygen atoms in total. The van der Waals surface area contributed by atoms with Gasteiger partial charge in [0, 0.05) is 41.6 Å². The maximum atomic E-state index is 12.6. The smallest absolute Gasteiger partial charge is 0.303 e. The fourth-order valence-electron chi connectivity index (χ4n) is 7.05. The van der Waals surface area contributed by atoms with Crippen molar-refractivity contribution in [1.82, 2.24) is 10.6 Å². The van der Waals surface area contributed by atoms with Crippen LogP contribution in [0, 0.1) is 0 Å². The second kappa shape index (κ2) is 23.3. The second-order valence-corrected chi connectivity index (χ2v) is 15.1. The molecule has 2 fully saturated rings. The first kappa shape index (κ1) is 38.7. The van der Waals surface area contributed by atoms with Crippen LogP contribution >= 0.6 is 11.8 Å². The van der Waals surface area contributed by atoms with Gasteiger partial charge in [0.15, 0.2) is 0 Å². The van der Waals surface area contributed by atoms with Crippen molar-refractivity contribution in [2.75, 3.05) is 5.75 Å². The van der Waals surface area contributed by atoms with Crippen LogP contribution in [0.2, 0.25) is 0 Å². The minimum absolute atomic E-state index is 0.0216. The number of rotatable bonds is 18. The van der Waals surface area contributed by atoms with Gasteiger partial charge >= 0.3 is 5.97 Å². The summed E-state index contributed by atoms with van der Waals surface area (Å²) >= 11 is 1.66. The molecule has 0 aromatic heterocycles. The lowest BCUT2D eigenvalue weighted by atomic mass is 9.91. The van der Waals surface area contributed by atoms with Gasteiger partial charge in [-0.3, -0.25) is 9.59 Å². The van der Waals surface area contributed by atoms with Crippen LogP contribution in [-0.4, -0.2) is 40.9 Å². The van der Waals surface area contributed by atoms with Crippen molar-refractivity contribution in [1.29, 1.82) is 0 Å². The zero-order valence-electron chi connectivity index (χ0n) is 29.6. The first-order valence-corrected chi connectivity index (χ1v) is 20.1. The van der Waals surface area contributed by atoms with Gasteiger partial charge in [0.05, 0.1) is 0 Å². The van der Waals surface area contributed by atoms with Gasteiger partial charge in [-0.2, -0.15) is 0 Å². The van der Waals surface area contributed by atoms with E-state index in [1.165, 1.54) is 82.6 Å². The fraction of sp³-hybridized carbons (Fsp3) is 0.535. The molecule has 0 bridgehead atoms. The zero-order valence-corrected chi connectivity index (χ0v) is 30.4. The summed E-state index contributed by atoms with van der Waals surface area (Å²) in [6.07, 6.45) is 22.1. The molecule has 0 heterocycles. The van der Waals surface area contributed by atoms with Crippen LogP contribution in [0.4, 0.5) is 0 Å². The maximum Gasteiger partial charge on any atom is 0.303 e. The normalized spacial score (nSPS) is 15.9. The lowest BCUT2D eigenvalue weighted by Crippen LogP contribution is -2.40. The lowest BCUT2D eigenvalue weighted by Gasteiger charge is -2.30. The molecule has 5 rings (SSSR count). The molecule has 3 aromatic carbocycles. The summed E-state index contributed by atoms with van der Waals surface area (Å²) in [6.45, 7) is 0. The number of carbonyl (C=O) groups is 2. The van der Waals surface area contributed by atoms with Crippen LogP contribution in [0.25, 0.3) is 11.1 Å². The molecule has 3 aromatic rings. The predicted molar refractivity (Wildman–Crippen MR) is 206 cm³/mol. The summed E-state index contributed by atoms with van der Waals surface area (Å²) < 4.78 is 0. The number of thioether (sulfide) groups is 1. The molecule has 49 heavy (non-hydrogen) atoms. The van der Waals surface area contributed by atoms with Crippen LogP contribution < -0.4 is 10.6 Å². The third kappa shape index (κ3) is 16.4. The number of carbonyl (C=O) groups excluding carboxylic acids is 1. The van der Waals surface area contributed by atoms with E-state index < -0.39 is 5.97 Å². The van der Waals surface area contributed by atoms with Gasteiger partial charge in [-0.15, -0.1) is 11.8 Å². The summed E-state index contributed by atoms with van der Waals surface area (Å²) in [5, 5.41) is 16.1. The summed E-state index contributed by atoms with van der Waals surface area (Å²) in [7, 11) is 0. The first-order chi connectivity index (χ1) is 24.0. The van der Waals surface area contributed by atoms with Gasteiger partial charge in [0.1, 0.15) is 0 Å². The number of unbranched alkanes of at least 4 members (excludes halogenated alkanes) is 4. The van der Waals surface area contributed by atoms with Crippen LogP contribution in [0.5, 0.6) is 0 Å². The summed E-state index contributed by atoms with van der Waals surface area (Å²) in [4.78, 5) is 24.8.